The first-order chi connectivity index (χ1) is 12.9. The van der Waals surface area contributed by atoms with Crippen LogP contribution in [0.5, 0.6) is 11.5 Å². The smallest absolute Gasteiger partial charge is 0.209 e. The molecule has 0 bridgehead atoms. The fourth-order valence-electron chi connectivity index (χ4n) is 3.33. The molecule has 1 aliphatic rings. The minimum Gasteiger partial charge on any atom is -0.493 e. The molecule has 1 aromatic carbocycles. The third-order valence-electron chi connectivity index (χ3n) is 4.74. The third kappa shape index (κ3) is 4.86. The maximum atomic E-state index is 11.3. The van der Waals surface area contributed by atoms with Crippen molar-refractivity contribution < 1.29 is 17.9 Å². The normalized spacial score (nSPS) is 15.6. The molecule has 9 heteroatoms. The van der Waals surface area contributed by atoms with Crippen LogP contribution in [0.4, 0.5) is 5.82 Å². The molecule has 1 aromatic heterocycles. The molecular formula is C18H24N4O4S. The lowest BCUT2D eigenvalue weighted by Gasteiger charge is -2.32. The van der Waals surface area contributed by atoms with Gasteiger partial charge < -0.3 is 14.4 Å². The van der Waals surface area contributed by atoms with E-state index in [4.69, 9.17) is 14.6 Å². The van der Waals surface area contributed by atoms with Gasteiger partial charge in [-0.05, 0) is 37.0 Å². The van der Waals surface area contributed by atoms with E-state index in [9.17, 15) is 8.42 Å². The molecule has 0 saturated carbocycles. The van der Waals surface area contributed by atoms with Gasteiger partial charge in [0.1, 0.15) is 12.1 Å². The number of aromatic nitrogens is 2. The summed E-state index contributed by atoms with van der Waals surface area (Å²) in [7, 11) is -0.234. The van der Waals surface area contributed by atoms with Crippen molar-refractivity contribution in [1.29, 1.82) is 0 Å². The number of methoxy groups -OCH3 is 2. The summed E-state index contributed by atoms with van der Waals surface area (Å²) in [6.07, 6.45) is 3.08. The highest BCUT2D eigenvalue weighted by atomic mass is 32.2. The largest absolute Gasteiger partial charge is 0.493 e. The zero-order valence-electron chi connectivity index (χ0n) is 15.5. The van der Waals surface area contributed by atoms with Gasteiger partial charge >= 0.3 is 0 Å². The van der Waals surface area contributed by atoms with Gasteiger partial charge in [-0.3, -0.25) is 0 Å². The molecule has 1 fully saturated rings. The second-order valence-corrected chi connectivity index (χ2v) is 8.25. The highest BCUT2D eigenvalue weighted by Crippen LogP contribution is 2.32. The van der Waals surface area contributed by atoms with Crippen LogP contribution in [0.25, 0.3) is 11.3 Å². The average molecular weight is 392 g/mol. The van der Waals surface area contributed by atoms with E-state index in [0.717, 1.165) is 43.0 Å². The Morgan fingerprint density at radius 2 is 1.81 bits per heavy atom. The number of nitrogens with two attached hydrogens (primary N) is 1. The molecule has 1 saturated heterocycles. The molecule has 0 atom stereocenters. The monoisotopic (exact) mass is 392 g/mol. The van der Waals surface area contributed by atoms with Crippen LogP contribution in [0.2, 0.25) is 0 Å². The van der Waals surface area contributed by atoms with Gasteiger partial charge in [-0.2, -0.15) is 0 Å². The molecule has 0 spiro atoms. The molecule has 0 amide bonds. The van der Waals surface area contributed by atoms with Crippen LogP contribution in [0, 0.1) is 5.92 Å². The molecule has 0 aliphatic carbocycles. The lowest BCUT2D eigenvalue weighted by Crippen LogP contribution is -2.37. The zero-order chi connectivity index (χ0) is 19.4. The number of ether oxygens (including phenoxy) is 2. The van der Waals surface area contributed by atoms with Crippen LogP contribution < -0.4 is 19.5 Å². The Labute approximate surface area is 159 Å². The van der Waals surface area contributed by atoms with E-state index in [1.807, 2.05) is 24.3 Å². The minimum absolute atomic E-state index is 0.0432. The molecule has 146 valence electrons. The zero-order valence-corrected chi connectivity index (χ0v) is 16.3. The number of primary sulfonamides is 1. The fraction of sp³-hybridized carbons (Fsp3) is 0.444. The van der Waals surface area contributed by atoms with Gasteiger partial charge in [-0.1, -0.05) is 0 Å². The Morgan fingerprint density at radius 3 is 2.44 bits per heavy atom. The molecule has 0 unspecified atom stereocenters. The van der Waals surface area contributed by atoms with Gasteiger partial charge in [-0.15, -0.1) is 0 Å². The molecule has 2 heterocycles. The summed E-state index contributed by atoms with van der Waals surface area (Å²) in [6, 6.07) is 7.57. The predicted molar refractivity (Wildman–Crippen MR) is 103 cm³/mol. The molecule has 1 aliphatic heterocycles. The lowest BCUT2D eigenvalue weighted by molar-refractivity contribution is 0.355. The maximum Gasteiger partial charge on any atom is 0.209 e. The molecular weight excluding hydrogens is 368 g/mol. The van der Waals surface area contributed by atoms with Crippen molar-refractivity contribution in [3.8, 4) is 22.8 Å². The van der Waals surface area contributed by atoms with Crippen LogP contribution in [0.3, 0.4) is 0 Å². The average Bonchev–Trinajstić information content (AvgIpc) is 2.67. The first kappa shape index (κ1) is 19.4. The van der Waals surface area contributed by atoms with Gasteiger partial charge in [0.25, 0.3) is 0 Å². The highest BCUT2D eigenvalue weighted by Gasteiger charge is 2.23. The van der Waals surface area contributed by atoms with Gasteiger partial charge in [0.2, 0.25) is 10.0 Å². The Bertz CT molecular complexity index is 896. The summed E-state index contributed by atoms with van der Waals surface area (Å²) in [6.45, 7) is 1.48. The van der Waals surface area contributed by atoms with E-state index in [2.05, 4.69) is 14.9 Å². The Hall–Kier alpha value is -2.39. The van der Waals surface area contributed by atoms with Gasteiger partial charge in [0, 0.05) is 24.7 Å². The summed E-state index contributed by atoms with van der Waals surface area (Å²) < 4.78 is 33.2. The Kier molecular flexibility index (Phi) is 5.81. The van der Waals surface area contributed by atoms with E-state index in [1.165, 1.54) is 6.33 Å². The SMILES string of the molecule is COc1ccc(-c2cc(N3CCC(CS(N)(=O)=O)CC3)ncn2)cc1OC. The second kappa shape index (κ2) is 8.10. The summed E-state index contributed by atoms with van der Waals surface area (Å²) in [5, 5.41) is 5.16. The second-order valence-electron chi connectivity index (χ2n) is 6.59. The van der Waals surface area contributed by atoms with E-state index < -0.39 is 10.0 Å². The number of piperidine rings is 1. The van der Waals surface area contributed by atoms with Gasteiger partial charge in [0.05, 0.1) is 25.7 Å². The molecule has 27 heavy (non-hydrogen) atoms. The fourth-order valence-corrected chi connectivity index (χ4v) is 4.32. The summed E-state index contributed by atoms with van der Waals surface area (Å²) in [4.78, 5) is 10.9. The Morgan fingerprint density at radius 1 is 1.11 bits per heavy atom. The van der Waals surface area contributed by atoms with Crippen molar-refractivity contribution in [2.75, 3.05) is 38.0 Å². The van der Waals surface area contributed by atoms with E-state index in [-0.39, 0.29) is 11.7 Å². The van der Waals surface area contributed by atoms with Crippen LogP contribution >= 0.6 is 0 Å². The number of rotatable bonds is 6. The van der Waals surface area contributed by atoms with E-state index in [0.29, 0.717) is 11.5 Å². The van der Waals surface area contributed by atoms with Crippen molar-refractivity contribution in [3.63, 3.8) is 0 Å². The topological polar surface area (TPSA) is 108 Å². The van der Waals surface area contributed by atoms with E-state index in [1.54, 1.807) is 14.2 Å². The van der Waals surface area contributed by atoms with Crippen LogP contribution in [0.15, 0.2) is 30.6 Å². The van der Waals surface area contributed by atoms with Gasteiger partial charge in [-0.25, -0.2) is 23.5 Å². The summed E-state index contributed by atoms with van der Waals surface area (Å²) in [5.74, 6) is 2.26. The first-order valence-corrected chi connectivity index (χ1v) is 10.4. The van der Waals surface area contributed by atoms with Crippen molar-refractivity contribution in [2.24, 2.45) is 11.1 Å². The third-order valence-corrected chi connectivity index (χ3v) is 5.67. The molecule has 2 aromatic rings. The Balaban J connectivity index is 1.75. The molecule has 2 N–H and O–H groups in total. The highest BCUT2D eigenvalue weighted by molar-refractivity contribution is 7.89. The molecule has 3 rings (SSSR count). The van der Waals surface area contributed by atoms with Gasteiger partial charge in [0.15, 0.2) is 11.5 Å². The quantitative estimate of drug-likeness (QED) is 0.796. The number of hydrogen-bond acceptors (Lipinski definition) is 7. The van der Waals surface area contributed by atoms with Crippen molar-refractivity contribution >= 4 is 15.8 Å². The number of benzene rings is 1. The number of nitrogens with zero attached hydrogens (tertiary/aromatic N) is 3. The van der Waals surface area contributed by atoms with Crippen LogP contribution in [-0.4, -0.2) is 51.4 Å². The number of anilines is 1. The first-order valence-electron chi connectivity index (χ1n) is 8.69. The maximum absolute atomic E-state index is 11.3. The van der Waals surface area contributed by atoms with Crippen LogP contribution in [-0.2, 0) is 10.0 Å². The number of sulfonamides is 1. The lowest BCUT2D eigenvalue weighted by atomic mass is 9.99. The van der Waals surface area contributed by atoms with E-state index >= 15 is 0 Å². The summed E-state index contributed by atoms with van der Waals surface area (Å²) >= 11 is 0. The van der Waals surface area contributed by atoms with Crippen molar-refractivity contribution in [1.82, 2.24) is 9.97 Å². The predicted octanol–water partition coefficient (Wildman–Crippen LogP) is 1.67. The molecule has 8 nitrogen and oxygen atoms in total. The molecule has 0 radical (unpaired) electrons. The number of hydrogen-bond donors (Lipinski definition) is 1. The summed E-state index contributed by atoms with van der Waals surface area (Å²) in [5.41, 5.74) is 1.69. The van der Waals surface area contributed by atoms with Crippen molar-refractivity contribution in [3.05, 3.63) is 30.6 Å². The van der Waals surface area contributed by atoms with Crippen LogP contribution in [0.1, 0.15) is 12.8 Å². The minimum atomic E-state index is -3.43. The standard InChI is InChI=1S/C18H24N4O4S/c1-25-16-4-3-14(9-17(16)26-2)15-10-18(21-12-20-15)22-7-5-13(6-8-22)11-27(19,23)24/h3-4,9-10,12-13H,5-8,11H2,1-2H3,(H2,19,23,24). The van der Waals surface area contributed by atoms with Crippen molar-refractivity contribution in [2.45, 2.75) is 12.8 Å².